The number of aliphatic hydroxyl groups excluding tert-OH is 1. The Bertz CT molecular complexity index is 357. The molecule has 14 heavy (non-hydrogen) atoms. The normalized spacial score (nSPS) is 21.1. The monoisotopic (exact) mass is 188 g/mol. The van der Waals surface area contributed by atoms with Gasteiger partial charge in [0.25, 0.3) is 0 Å². The minimum absolute atomic E-state index is 0.231. The Hall–Kier alpha value is -1.08. The van der Waals surface area contributed by atoms with Crippen LogP contribution in [0, 0.1) is 13.8 Å². The van der Waals surface area contributed by atoms with Crippen LogP contribution in [0.2, 0.25) is 0 Å². The minimum atomic E-state index is -0.231. The van der Waals surface area contributed by atoms with Crippen LogP contribution in [-0.2, 0) is 0 Å². The second-order valence-electron chi connectivity index (χ2n) is 4.17. The van der Waals surface area contributed by atoms with Crippen molar-refractivity contribution >= 4 is 5.57 Å². The lowest BCUT2D eigenvalue weighted by molar-refractivity contribution is 0.223. The first-order chi connectivity index (χ1) is 6.65. The summed E-state index contributed by atoms with van der Waals surface area (Å²) in [5.74, 6) is 0. The van der Waals surface area contributed by atoms with Crippen molar-refractivity contribution in [3.8, 4) is 0 Å². The summed E-state index contributed by atoms with van der Waals surface area (Å²) in [6.45, 7) is 4.23. The summed E-state index contributed by atoms with van der Waals surface area (Å²) < 4.78 is 0. The van der Waals surface area contributed by atoms with E-state index in [1.807, 2.05) is 6.08 Å². The molecule has 0 aromatic heterocycles. The first-order valence-electron chi connectivity index (χ1n) is 5.12. The number of hydrogen-bond donors (Lipinski definition) is 1. The zero-order valence-electron chi connectivity index (χ0n) is 8.75. The van der Waals surface area contributed by atoms with Gasteiger partial charge in [-0.1, -0.05) is 35.4 Å². The van der Waals surface area contributed by atoms with Gasteiger partial charge in [0.2, 0.25) is 0 Å². The molecule has 0 spiro atoms. The van der Waals surface area contributed by atoms with Gasteiger partial charge in [-0.15, -0.1) is 0 Å². The van der Waals surface area contributed by atoms with Crippen LogP contribution in [0.5, 0.6) is 0 Å². The Morgan fingerprint density at radius 3 is 2.29 bits per heavy atom. The van der Waals surface area contributed by atoms with Crippen molar-refractivity contribution in [1.82, 2.24) is 0 Å². The average Bonchev–Trinajstić information content (AvgIpc) is 2.50. The summed E-state index contributed by atoms with van der Waals surface area (Å²) in [6.07, 6.45) is 3.63. The molecule has 0 saturated heterocycles. The minimum Gasteiger partial charge on any atom is -0.389 e. The van der Waals surface area contributed by atoms with Gasteiger partial charge in [0.15, 0.2) is 0 Å². The predicted molar refractivity (Wildman–Crippen MR) is 59.1 cm³/mol. The van der Waals surface area contributed by atoms with Gasteiger partial charge in [-0.25, -0.2) is 0 Å². The molecule has 1 aliphatic carbocycles. The second-order valence-corrected chi connectivity index (χ2v) is 4.17. The van der Waals surface area contributed by atoms with Crippen molar-refractivity contribution in [2.45, 2.75) is 32.8 Å². The van der Waals surface area contributed by atoms with Gasteiger partial charge in [-0.2, -0.15) is 0 Å². The fraction of sp³-hybridized carbons (Fsp3) is 0.385. The van der Waals surface area contributed by atoms with Crippen LogP contribution < -0.4 is 0 Å². The van der Waals surface area contributed by atoms with E-state index in [9.17, 15) is 5.11 Å². The smallest absolute Gasteiger partial charge is 0.0730 e. The van der Waals surface area contributed by atoms with Crippen molar-refractivity contribution in [2.24, 2.45) is 0 Å². The Morgan fingerprint density at radius 2 is 1.79 bits per heavy atom. The Balaban J connectivity index is 2.37. The number of rotatable bonds is 1. The quantitative estimate of drug-likeness (QED) is 0.718. The molecule has 0 amide bonds. The van der Waals surface area contributed by atoms with Crippen LogP contribution in [0.15, 0.2) is 24.3 Å². The predicted octanol–water partition coefficient (Wildman–Crippen LogP) is 2.84. The number of hydrogen-bond acceptors (Lipinski definition) is 1. The van der Waals surface area contributed by atoms with Crippen LogP contribution in [0.1, 0.15) is 29.5 Å². The highest BCUT2D eigenvalue weighted by Gasteiger charge is 2.14. The molecule has 0 saturated carbocycles. The molecule has 1 aromatic carbocycles. The molecule has 2 rings (SSSR count). The van der Waals surface area contributed by atoms with Crippen LogP contribution >= 0.6 is 0 Å². The first-order valence-corrected chi connectivity index (χ1v) is 5.12. The maximum atomic E-state index is 9.42. The fourth-order valence-corrected chi connectivity index (χ4v) is 2.10. The van der Waals surface area contributed by atoms with Crippen molar-refractivity contribution in [2.75, 3.05) is 0 Å². The molecule has 1 N–H and O–H groups in total. The molecule has 0 radical (unpaired) electrons. The number of benzene rings is 1. The summed E-state index contributed by atoms with van der Waals surface area (Å²) in [6, 6.07) is 6.56. The molecule has 0 fully saturated rings. The SMILES string of the molecule is Cc1cc(C)cc(C2=CC(O)CC2)c1. The second kappa shape index (κ2) is 3.58. The molecule has 0 heterocycles. The maximum Gasteiger partial charge on any atom is 0.0730 e. The van der Waals surface area contributed by atoms with Crippen molar-refractivity contribution in [3.05, 3.63) is 41.0 Å². The molecular weight excluding hydrogens is 172 g/mol. The lowest BCUT2D eigenvalue weighted by atomic mass is 10.0. The summed E-state index contributed by atoms with van der Waals surface area (Å²) in [5, 5.41) is 9.42. The number of aliphatic hydroxyl groups is 1. The van der Waals surface area contributed by atoms with Crippen molar-refractivity contribution in [3.63, 3.8) is 0 Å². The zero-order valence-corrected chi connectivity index (χ0v) is 8.75. The van der Waals surface area contributed by atoms with Gasteiger partial charge in [-0.3, -0.25) is 0 Å². The number of aryl methyl sites for hydroxylation is 2. The lowest BCUT2D eigenvalue weighted by Gasteiger charge is -2.05. The van der Waals surface area contributed by atoms with Crippen LogP contribution in [0.25, 0.3) is 5.57 Å². The van der Waals surface area contributed by atoms with E-state index in [2.05, 4.69) is 32.0 Å². The lowest BCUT2D eigenvalue weighted by Crippen LogP contribution is -1.93. The fourth-order valence-electron chi connectivity index (χ4n) is 2.10. The standard InChI is InChI=1S/C13H16O/c1-9-5-10(2)7-12(6-9)11-3-4-13(14)8-11/h5-8,13-14H,3-4H2,1-2H3. The highest BCUT2D eigenvalue weighted by molar-refractivity contribution is 5.69. The maximum absolute atomic E-state index is 9.42. The summed E-state index contributed by atoms with van der Waals surface area (Å²) in [5.41, 5.74) is 5.16. The van der Waals surface area contributed by atoms with Crippen molar-refractivity contribution < 1.29 is 5.11 Å². The van der Waals surface area contributed by atoms with E-state index in [1.54, 1.807) is 0 Å². The molecule has 0 bridgehead atoms. The molecule has 74 valence electrons. The Labute approximate surface area is 85.1 Å². The third-order valence-corrected chi connectivity index (χ3v) is 2.70. The topological polar surface area (TPSA) is 20.2 Å². The van der Waals surface area contributed by atoms with Crippen molar-refractivity contribution in [1.29, 1.82) is 0 Å². The molecular formula is C13H16O. The molecule has 0 aliphatic heterocycles. The van der Waals surface area contributed by atoms with E-state index in [0.29, 0.717) is 0 Å². The molecule has 1 unspecified atom stereocenters. The molecule has 1 aliphatic rings. The van der Waals surface area contributed by atoms with E-state index >= 15 is 0 Å². The van der Waals surface area contributed by atoms with E-state index < -0.39 is 0 Å². The summed E-state index contributed by atoms with van der Waals surface area (Å²) in [7, 11) is 0. The van der Waals surface area contributed by atoms with Gasteiger partial charge in [0.05, 0.1) is 6.10 Å². The van der Waals surface area contributed by atoms with Gasteiger partial charge >= 0.3 is 0 Å². The summed E-state index contributed by atoms with van der Waals surface area (Å²) in [4.78, 5) is 0. The van der Waals surface area contributed by atoms with Gasteiger partial charge in [0, 0.05) is 0 Å². The van der Waals surface area contributed by atoms with E-state index in [1.165, 1.54) is 22.3 Å². The highest BCUT2D eigenvalue weighted by Crippen LogP contribution is 2.28. The van der Waals surface area contributed by atoms with Crippen LogP contribution in [-0.4, -0.2) is 11.2 Å². The Kier molecular flexibility index (Phi) is 2.42. The average molecular weight is 188 g/mol. The third kappa shape index (κ3) is 1.88. The largest absolute Gasteiger partial charge is 0.389 e. The van der Waals surface area contributed by atoms with E-state index in [4.69, 9.17) is 0 Å². The van der Waals surface area contributed by atoms with Gasteiger partial charge < -0.3 is 5.11 Å². The van der Waals surface area contributed by atoms with Gasteiger partial charge in [0.1, 0.15) is 0 Å². The highest BCUT2D eigenvalue weighted by atomic mass is 16.3. The molecule has 1 aromatic rings. The third-order valence-electron chi connectivity index (χ3n) is 2.70. The Morgan fingerprint density at radius 1 is 1.14 bits per heavy atom. The first kappa shape index (κ1) is 9.47. The molecule has 1 heteroatoms. The van der Waals surface area contributed by atoms with Crippen LogP contribution in [0.4, 0.5) is 0 Å². The number of allylic oxidation sites excluding steroid dienone is 1. The molecule has 1 nitrogen and oxygen atoms in total. The van der Waals surface area contributed by atoms with Crippen LogP contribution in [0.3, 0.4) is 0 Å². The molecule has 1 atom stereocenters. The van der Waals surface area contributed by atoms with E-state index in [0.717, 1.165) is 12.8 Å². The van der Waals surface area contributed by atoms with E-state index in [-0.39, 0.29) is 6.10 Å². The zero-order chi connectivity index (χ0) is 10.1. The summed E-state index contributed by atoms with van der Waals surface area (Å²) >= 11 is 0. The van der Waals surface area contributed by atoms with Gasteiger partial charge in [-0.05, 0) is 37.8 Å².